The Morgan fingerprint density at radius 1 is 1.14 bits per heavy atom. The maximum atomic E-state index is 12.3. The van der Waals surface area contributed by atoms with Gasteiger partial charge in [0.25, 0.3) is 0 Å². The van der Waals surface area contributed by atoms with Crippen LogP contribution >= 0.6 is 24.8 Å². The van der Waals surface area contributed by atoms with Crippen LogP contribution < -0.4 is 5.32 Å². The Bertz CT molecular complexity index is 321. The van der Waals surface area contributed by atoms with Gasteiger partial charge in [0.15, 0.2) is 0 Å². The largest absolute Gasteiger partial charge is 0.379 e. The highest BCUT2D eigenvalue weighted by molar-refractivity contribution is 5.85. The minimum Gasteiger partial charge on any atom is -0.379 e. The van der Waals surface area contributed by atoms with Crippen molar-refractivity contribution in [1.82, 2.24) is 15.1 Å². The van der Waals surface area contributed by atoms with Crippen molar-refractivity contribution in [1.29, 1.82) is 0 Å². The summed E-state index contributed by atoms with van der Waals surface area (Å²) in [5.74, 6) is 0.991. The van der Waals surface area contributed by atoms with E-state index in [9.17, 15) is 4.79 Å². The lowest BCUT2D eigenvalue weighted by atomic mass is 10.1. The van der Waals surface area contributed by atoms with Gasteiger partial charge in [0, 0.05) is 32.7 Å². The molecule has 3 saturated heterocycles. The van der Waals surface area contributed by atoms with Gasteiger partial charge in [0.2, 0.25) is 5.91 Å². The lowest BCUT2D eigenvalue weighted by molar-refractivity contribution is -0.132. The Kier molecular flexibility index (Phi) is 8.27. The van der Waals surface area contributed by atoms with Crippen molar-refractivity contribution < 1.29 is 9.53 Å². The molecule has 21 heavy (non-hydrogen) atoms. The van der Waals surface area contributed by atoms with E-state index in [0.717, 1.165) is 71.7 Å². The summed E-state index contributed by atoms with van der Waals surface area (Å²) >= 11 is 0. The molecule has 3 aliphatic heterocycles. The van der Waals surface area contributed by atoms with Gasteiger partial charge in [-0.25, -0.2) is 0 Å². The van der Waals surface area contributed by atoms with Crippen molar-refractivity contribution in [3.63, 3.8) is 0 Å². The van der Waals surface area contributed by atoms with Gasteiger partial charge in [-0.05, 0) is 31.7 Å². The molecule has 0 bridgehead atoms. The molecule has 7 heteroatoms. The van der Waals surface area contributed by atoms with E-state index in [-0.39, 0.29) is 30.9 Å². The third-order valence-electron chi connectivity index (χ3n) is 4.58. The maximum Gasteiger partial charge on any atom is 0.239 e. The number of amides is 1. The Labute approximate surface area is 139 Å². The minimum atomic E-state index is 0. The van der Waals surface area contributed by atoms with E-state index < -0.39 is 0 Å². The standard InChI is InChI=1S/C14H25N3O2.2ClH/c18-14(13-2-1-4-15-13)17-5-3-12(11-17)10-16-6-8-19-9-7-16;;/h12-13,15H,1-11H2;2*1H/t12?,13-;;/m0../s1. The normalized spacial score (nSPS) is 29.8. The highest BCUT2D eigenvalue weighted by atomic mass is 35.5. The molecule has 3 rings (SSSR count). The molecule has 3 fully saturated rings. The molecule has 0 spiro atoms. The van der Waals surface area contributed by atoms with Crippen molar-refractivity contribution in [2.75, 3.05) is 52.5 Å². The van der Waals surface area contributed by atoms with E-state index in [0.29, 0.717) is 11.8 Å². The van der Waals surface area contributed by atoms with Gasteiger partial charge in [-0.3, -0.25) is 9.69 Å². The molecule has 5 nitrogen and oxygen atoms in total. The molecule has 1 N–H and O–H groups in total. The summed E-state index contributed by atoms with van der Waals surface area (Å²) in [5, 5.41) is 3.31. The Morgan fingerprint density at radius 2 is 1.90 bits per heavy atom. The molecule has 1 amide bonds. The third-order valence-corrected chi connectivity index (χ3v) is 4.58. The van der Waals surface area contributed by atoms with E-state index in [4.69, 9.17) is 4.74 Å². The first-order valence-corrected chi connectivity index (χ1v) is 7.65. The topological polar surface area (TPSA) is 44.8 Å². The summed E-state index contributed by atoms with van der Waals surface area (Å²) in [5.41, 5.74) is 0. The summed E-state index contributed by atoms with van der Waals surface area (Å²) < 4.78 is 5.38. The zero-order valence-electron chi connectivity index (χ0n) is 12.5. The molecule has 1 unspecified atom stereocenters. The molecule has 0 aromatic heterocycles. The molecule has 0 aliphatic carbocycles. The predicted octanol–water partition coefficient (Wildman–Crippen LogP) is 0.763. The lowest BCUT2D eigenvalue weighted by Crippen LogP contribution is -2.43. The monoisotopic (exact) mass is 339 g/mol. The van der Waals surface area contributed by atoms with E-state index >= 15 is 0 Å². The first kappa shape index (κ1) is 19.0. The maximum absolute atomic E-state index is 12.3. The van der Waals surface area contributed by atoms with E-state index in [1.54, 1.807) is 0 Å². The molecule has 2 atom stereocenters. The fourth-order valence-electron chi connectivity index (χ4n) is 3.45. The summed E-state index contributed by atoms with van der Waals surface area (Å²) in [4.78, 5) is 16.9. The van der Waals surface area contributed by atoms with Crippen molar-refractivity contribution >= 4 is 30.7 Å². The second kappa shape index (κ2) is 9.16. The number of likely N-dealkylation sites (tertiary alicyclic amines) is 1. The highest BCUT2D eigenvalue weighted by Crippen LogP contribution is 2.20. The van der Waals surface area contributed by atoms with Gasteiger partial charge >= 0.3 is 0 Å². The molecule has 3 aliphatic rings. The van der Waals surface area contributed by atoms with Crippen LogP contribution in [0.5, 0.6) is 0 Å². The molecule has 0 radical (unpaired) electrons. The number of nitrogens with zero attached hydrogens (tertiary/aromatic N) is 2. The number of hydrogen-bond donors (Lipinski definition) is 1. The minimum absolute atomic E-state index is 0. The number of carbonyl (C=O) groups is 1. The fourth-order valence-corrected chi connectivity index (χ4v) is 3.45. The van der Waals surface area contributed by atoms with E-state index in [1.165, 1.54) is 0 Å². The van der Waals surface area contributed by atoms with Gasteiger partial charge in [0.05, 0.1) is 19.3 Å². The van der Waals surface area contributed by atoms with Crippen LogP contribution in [0.2, 0.25) is 0 Å². The van der Waals surface area contributed by atoms with E-state index in [2.05, 4.69) is 15.1 Å². The van der Waals surface area contributed by atoms with Crippen LogP contribution in [0.25, 0.3) is 0 Å². The second-order valence-electron chi connectivity index (χ2n) is 6.00. The quantitative estimate of drug-likeness (QED) is 0.824. The first-order chi connectivity index (χ1) is 9.33. The second-order valence-corrected chi connectivity index (χ2v) is 6.00. The predicted molar refractivity (Wildman–Crippen MR) is 87.5 cm³/mol. The molecular formula is C14H27Cl2N3O2. The smallest absolute Gasteiger partial charge is 0.239 e. The third kappa shape index (κ3) is 4.96. The number of nitrogens with one attached hydrogen (secondary N) is 1. The molecule has 0 aromatic rings. The zero-order chi connectivity index (χ0) is 13.1. The number of halogens is 2. The summed E-state index contributed by atoms with van der Waals surface area (Å²) in [6.45, 7) is 7.86. The summed E-state index contributed by atoms with van der Waals surface area (Å²) in [6.07, 6.45) is 3.32. The molecule has 0 aromatic carbocycles. The van der Waals surface area contributed by atoms with Crippen LogP contribution in [0.15, 0.2) is 0 Å². The van der Waals surface area contributed by atoms with Crippen LogP contribution in [-0.4, -0.2) is 74.2 Å². The zero-order valence-corrected chi connectivity index (χ0v) is 14.1. The highest BCUT2D eigenvalue weighted by Gasteiger charge is 2.32. The van der Waals surface area contributed by atoms with E-state index in [1.807, 2.05) is 0 Å². The van der Waals surface area contributed by atoms with Gasteiger partial charge < -0.3 is 15.0 Å². The average Bonchev–Trinajstić information content (AvgIpc) is 3.10. The fraction of sp³-hybridized carbons (Fsp3) is 0.929. The number of carbonyl (C=O) groups excluding carboxylic acids is 1. The Balaban J connectivity index is 0.00000110. The summed E-state index contributed by atoms with van der Waals surface area (Å²) in [6, 6.07) is 0.0992. The van der Waals surface area contributed by atoms with Gasteiger partial charge in [-0.1, -0.05) is 0 Å². The van der Waals surface area contributed by atoms with Crippen LogP contribution in [0, 0.1) is 5.92 Å². The van der Waals surface area contributed by atoms with Crippen LogP contribution in [0.1, 0.15) is 19.3 Å². The van der Waals surface area contributed by atoms with Crippen molar-refractivity contribution in [2.24, 2.45) is 5.92 Å². The first-order valence-electron chi connectivity index (χ1n) is 7.65. The van der Waals surface area contributed by atoms with Crippen LogP contribution in [0.3, 0.4) is 0 Å². The van der Waals surface area contributed by atoms with Crippen molar-refractivity contribution in [3.8, 4) is 0 Å². The van der Waals surface area contributed by atoms with Crippen molar-refractivity contribution in [2.45, 2.75) is 25.3 Å². The summed E-state index contributed by atoms with van der Waals surface area (Å²) in [7, 11) is 0. The van der Waals surface area contributed by atoms with Crippen LogP contribution in [0.4, 0.5) is 0 Å². The Morgan fingerprint density at radius 3 is 2.57 bits per heavy atom. The molecular weight excluding hydrogens is 313 g/mol. The van der Waals surface area contributed by atoms with Gasteiger partial charge in [-0.15, -0.1) is 24.8 Å². The molecule has 3 heterocycles. The molecule has 0 saturated carbocycles. The van der Waals surface area contributed by atoms with Crippen LogP contribution in [-0.2, 0) is 9.53 Å². The molecule has 124 valence electrons. The number of hydrogen-bond acceptors (Lipinski definition) is 4. The van der Waals surface area contributed by atoms with Crippen molar-refractivity contribution in [3.05, 3.63) is 0 Å². The number of morpholine rings is 1. The van der Waals surface area contributed by atoms with Gasteiger partial charge in [-0.2, -0.15) is 0 Å². The average molecular weight is 340 g/mol. The van der Waals surface area contributed by atoms with Gasteiger partial charge in [0.1, 0.15) is 0 Å². The SMILES string of the molecule is Cl.Cl.O=C([C@@H]1CCCN1)N1CCC(CN2CCOCC2)C1. The Hall–Kier alpha value is -0.0700. The number of ether oxygens (including phenoxy) is 1. The lowest BCUT2D eigenvalue weighted by Gasteiger charge is -2.29. The number of rotatable bonds is 3.